The molecule has 1 amide bonds. The number of rotatable bonds is 4. The fraction of sp³-hybridized carbons (Fsp3) is 0.533. The van der Waals surface area contributed by atoms with Crippen LogP contribution in [0.25, 0.3) is 0 Å². The van der Waals surface area contributed by atoms with Gasteiger partial charge in [-0.05, 0) is 24.5 Å². The van der Waals surface area contributed by atoms with Crippen LogP contribution in [-0.4, -0.2) is 37.1 Å². The first kappa shape index (κ1) is 17.0. The summed E-state index contributed by atoms with van der Waals surface area (Å²) >= 11 is 0. The van der Waals surface area contributed by atoms with Gasteiger partial charge < -0.3 is 15.4 Å². The predicted molar refractivity (Wildman–Crippen MR) is 82.0 cm³/mol. The van der Waals surface area contributed by atoms with Gasteiger partial charge in [-0.15, -0.1) is 12.4 Å². The van der Waals surface area contributed by atoms with E-state index in [0.29, 0.717) is 13.0 Å². The number of halogens is 1. The van der Waals surface area contributed by atoms with Gasteiger partial charge in [0.05, 0.1) is 18.6 Å². The monoisotopic (exact) mass is 298 g/mol. The van der Waals surface area contributed by atoms with E-state index < -0.39 is 0 Å². The Hall–Kier alpha value is -1.10. The summed E-state index contributed by atoms with van der Waals surface area (Å²) in [5, 5.41) is 0. The molecule has 0 radical (unpaired) electrons. The Bertz CT molecular complexity index is 449. The molecule has 1 aromatic rings. The lowest BCUT2D eigenvalue weighted by Gasteiger charge is -2.36. The van der Waals surface area contributed by atoms with Crippen molar-refractivity contribution in [1.82, 2.24) is 4.90 Å². The van der Waals surface area contributed by atoms with E-state index in [1.54, 1.807) is 7.11 Å². The van der Waals surface area contributed by atoms with Gasteiger partial charge in [-0.25, -0.2) is 0 Å². The number of carbonyl (C=O) groups is 1. The highest BCUT2D eigenvalue weighted by molar-refractivity contribution is 5.85. The second kappa shape index (κ2) is 7.62. The Balaban J connectivity index is 0.00000200. The van der Waals surface area contributed by atoms with Crippen molar-refractivity contribution in [2.75, 3.05) is 20.2 Å². The van der Waals surface area contributed by atoms with E-state index in [1.165, 1.54) is 11.1 Å². The molecule has 1 aliphatic rings. The van der Waals surface area contributed by atoms with Crippen molar-refractivity contribution in [2.24, 2.45) is 5.73 Å². The van der Waals surface area contributed by atoms with Crippen molar-refractivity contribution in [3.05, 3.63) is 35.4 Å². The van der Waals surface area contributed by atoms with E-state index in [-0.39, 0.29) is 30.5 Å². The highest BCUT2D eigenvalue weighted by Crippen LogP contribution is 2.29. The standard InChI is InChI=1S/C15H22N2O2.ClH/c1-11-14-6-4-3-5-12(14)7-8-17(11)15(18)9-13(10-16)19-2;/h3-6,11,13H,7-10,16H2,1-2H3;1H. The number of hydrogen-bond acceptors (Lipinski definition) is 3. The summed E-state index contributed by atoms with van der Waals surface area (Å²) in [5.41, 5.74) is 8.18. The molecule has 0 aliphatic carbocycles. The number of methoxy groups -OCH3 is 1. The average Bonchev–Trinajstić information content (AvgIpc) is 2.45. The lowest BCUT2D eigenvalue weighted by molar-refractivity contribution is -0.136. The fourth-order valence-corrected chi connectivity index (χ4v) is 2.69. The van der Waals surface area contributed by atoms with E-state index >= 15 is 0 Å². The molecule has 0 saturated carbocycles. The Labute approximate surface area is 126 Å². The van der Waals surface area contributed by atoms with Crippen LogP contribution in [0.2, 0.25) is 0 Å². The van der Waals surface area contributed by atoms with Gasteiger partial charge in [0, 0.05) is 20.2 Å². The van der Waals surface area contributed by atoms with Gasteiger partial charge in [0.2, 0.25) is 5.91 Å². The van der Waals surface area contributed by atoms with Crippen LogP contribution in [0.15, 0.2) is 24.3 Å². The molecule has 0 bridgehead atoms. The first-order chi connectivity index (χ1) is 9.17. The zero-order chi connectivity index (χ0) is 13.8. The minimum atomic E-state index is -0.183. The molecule has 2 atom stereocenters. The van der Waals surface area contributed by atoms with Gasteiger partial charge in [0.15, 0.2) is 0 Å². The molecule has 0 fully saturated rings. The number of ether oxygens (including phenoxy) is 1. The van der Waals surface area contributed by atoms with Gasteiger partial charge in [0.25, 0.3) is 0 Å². The quantitative estimate of drug-likeness (QED) is 0.924. The van der Waals surface area contributed by atoms with Crippen LogP contribution < -0.4 is 5.73 Å². The Morgan fingerprint density at radius 1 is 1.50 bits per heavy atom. The third-order valence-corrected chi connectivity index (χ3v) is 3.91. The molecule has 20 heavy (non-hydrogen) atoms. The maximum atomic E-state index is 12.3. The molecule has 2 N–H and O–H groups in total. The zero-order valence-corrected chi connectivity index (χ0v) is 12.9. The molecule has 2 rings (SSSR count). The van der Waals surface area contributed by atoms with Crippen molar-refractivity contribution in [3.8, 4) is 0 Å². The van der Waals surface area contributed by atoms with Gasteiger partial charge >= 0.3 is 0 Å². The maximum Gasteiger partial charge on any atom is 0.225 e. The van der Waals surface area contributed by atoms with Crippen molar-refractivity contribution in [2.45, 2.75) is 31.9 Å². The molecule has 1 aromatic carbocycles. The minimum Gasteiger partial charge on any atom is -0.380 e. The van der Waals surface area contributed by atoms with Gasteiger partial charge in [-0.3, -0.25) is 4.79 Å². The van der Waals surface area contributed by atoms with Crippen molar-refractivity contribution in [1.29, 1.82) is 0 Å². The van der Waals surface area contributed by atoms with Gasteiger partial charge in [-0.2, -0.15) is 0 Å². The smallest absolute Gasteiger partial charge is 0.225 e. The summed E-state index contributed by atoms with van der Waals surface area (Å²) in [5.74, 6) is 0.124. The van der Waals surface area contributed by atoms with E-state index in [1.807, 2.05) is 11.0 Å². The van der Waals surface area contributed by atoms with Gasteiger partial charge in [0.1, 0.15) is 0 Å². The summed E-state index contributed by atoms with van der Waals surface area (Å²) in [6.45, 7) is 3.24. The summed E-state index contributed by atoms with van der Waals surface area (Å²) in [6, 6.07) is 8.47. The number of nitrogens with zero attached hydrogens (tertiary/aromatic N) is 1. The van der Waals surface area contributed by atoms with Crippen molar-refractivity contribution >= 4 is 18.3 Å². The van der Waals surface area contributed by atoms with Crippen LogP contribution in [0, 0.1) is 0 Å². The van der Waals surface area contributed by atoms with Crippen LogP contribution in [-0.2, 0) is 16.0 Å². The summed E-state index contributed by atoms with van der Waals surface area (Å²) in [6.07, 6.45) is 1.10. The van der Waals surface area contributed by atoms with Gasteiger partial charge in [-0.1, -0.05) is 24.3 Å². The molecular weight excluding hydrogens is 276 g/mol. The molecule has 4 nitrogen and oxygen atoms in total. The zero-order valence-electron chi connectivity index (χ0n) is 12.0. The molecule has 1 aliphatic heterocycles. The molecule has 2 unspecified atom stereocenters. The second-order valence-electron chi connectivity index (χ2n) is 5.01. The lowest BCUT2D eigenvalue weighted by Crippen LogP contribution is -2.41. The third-order valence-electron chi connectivity index (χ3n) is 3.91. The molecule has 5 heteroatoms. The minimum absolute atomic E-state index is 0. The number of fused-ring (bicyclic) bond motifs is 1. The van der Waals surface area contributed by atoms with Crippen LogP contribution in [0.5, 0.6) is 0 Å². The highest BCUT2D eigenvalue weighted by atomic mass is 35.5. The molecular formula is C15H23ClN2O2. The number of carbonyl (C=O) groups excluding carboxylic acids is 1. The molecule has 0 spiro atoms. The van der Waals surface area contributed by atoms with Crippen LogP contribution >= 0.6 is 12.4 Å². The van der Waals surface area contributed by atoms with E-state index in [4.69, 9.17) is 10.5 Å². The average molecular weight is 299 g/mol. The van der Waals surface area contributed by atoms with Crippen LogP contribution in [0.3, 0.4) is 0 Å². The number of amides is 1. The second-order valence-corrected chi connectivity index (χ2v) is 5.01. The molecule has 0 aromatic heterocycles. The third kappa shape index (κ3) is 3.51. The first-order valence-corrected chi connectivity index (χ1v) is 6.77. The Morgan fingerprint density at radius 3 is 2.85 bits per heavy atom. The number of benzene rings is 1. The van der Waals surface area contributed by atoms with E-state index in [2.05, 4.69) is 25.1 Å². The maximum absolute atomic E-state index is 12.3. The summed E-state index contributed by atoms with van der Waals surface area (Å²) in [4.78, 5) is 14.3. The highest BCUT2D eigenvalue weighted by Gasteiger charge is 2.28. The Morgan fingerprint density at radius 2 is 2.20 bits per heavy atom. The Kier molecular flexibility index (Phi) is 6.46. The summed E-state index contributed by atoms with van der Waals surface area (Å²) in [7, 11) is 1.60. The molecule has 112 valence electrons. The van der Waals surface area contributed by atoms with Crippen LogP contribution in [0.1, 0.15) is 30.5 Å². The molecule has 1 heterocycles. The largest absolute Gasteiger partial charge is 0.380 e. The van der Waals surface area contributed by atoms with E-state index in [0.717, 1.165) is 13.0 Å². The number of hydrogen-bond donors (Lipinski definition) is 1. The first-order valence-electron chi connectivity index (χ1n) is 6.77. The normalized spacial score (nSPS) is 18.9. The topological polar surface area (TPSA) is 55.6 Å². The van der Waals surface area contributed by atoms with E-state index in [9.17, 15) is 4.79 Å². The SMILES string of the molecule is COC(CN)CC(=O)N1CCc2ccccc2C1C.Cl. The molecule has 0 saturated heterocycles. The number of nitrogens with two attached hydrogens (primary N) is 1. The fourth-order valence-electron chi connectivity index (χ4n) is 2.69. The predicted octanol–water partition coefficient (Wildman–Crippen LogP) is 1.92. The van der Waals surface area contributed by atoms with Crippen molar-refractivity contribution < 1.29 is 9.53 Å². The van der Waals surface area contributed by atoms with Crippen molar-refractivity contribution in [3.63, 3.8) is 0 Å². The van der Waals surface area contributed by atoms with Crippen LogP contribution in [0.4, 0.5) is 0 Å². The lowest BCUT2D eigenvalue weighted by atomic mass is 9.93. The summed E-state index contributed by atoms with van der Waals surface area (Å²) < 4.78 is 5.19.